The van der Waals surface area contributed by atoms with Gasteiger partial charge in [-0.2, -0.15) is 0 Å². The van der Waals surface area contributed by atoms with E-state index in [1.54, 1.807) is 17.7 Å². The summed E-state index contributed by atoms with van der Waals surface area (Å²) >= 11 is 0. The number of fused-ring (bicyclic) bond motifs is 3. The van der Waals surface area contributed by atoms with Crippen LogP contribution >= 0.6 is 0 Å². The van der Waals surface area contributed by atoms with Gasteiger partial charge in [0.05, 0.1) is 26.5 Å². The first-order valence-corrected chi connectivity index (χ1v) is 10.5. The molecule has 2 aromatic rings. The van der Waals surface area contributed by atoms with Crippen molar-refractivity contribution in [3.8, 4) is 22.8 Å². The first-order valence-electron chi connectivity index (χ1n) is 10.5. The highest BCUT2D eigenvalue weighted by Crippen LogP contribution is 2.46. The lowest BCUT2D eigenvalue weighted by atomic mass is 9.78. The number of ether oxygens (including phenoxy) is 4. The molecule has 8 heteroatoms. The fourth-order valence-corrected chi connectivity index (χ4v) is 4.04. The molecule has 7 nitrogen and oxygen atoms in total. The number of carbonyl (C=O) groups is 1. The Hall–Kier alpha value is -2.87. The van der Waals surface area contributed by atoms with Gasteiger partial charge in [-0.05, 0) is 29.5 Å². The van der Waals surface area contributed by atoms with Gasteiger partial charge in [0.15, 0.2) is 17.3 Å². The van der Waals surface area contributed by atoms with E-state index in [1.807, 2.05) is 26.8 Å². The van der Waals surface area contributed by atoms with Gasteiger partial charge in [-0.15, -0.1) is 0 Å². The molecule has 1 aromatic carbocycles. The average molecular weight is 448 g/mol. The van der Waals surface area contributed by atoms with E-state index < -0.39 is 17.2 Å². The fourth-order valence-electron chi connectivity index (χ4n) is 4.04. The number of hydrogen-bond donors (Lipinski definition) is 0. The van der Waals surface area contributed by atoms with Gasteiger partial charge in [0.1, 0.15) is 5.56 Å². The number of esters is 1. The summed E-state index contributed by atoms with van der Waals surface area (Å²) in [6, 6.07) is 3.33. The van der Waals surface area contributed by atoms with Crippen LogP contribution in [-0.4, -0.2) is 45.1 Å². The molecule has 0 unspecified atom stereocenters. The van der Waals surface area contributed by atoms with E-state index in [0.717, 1.165) is 5.56 Å². The van der Waals surface area contributed by atoms with Crippen molar-refractivity contribution in [3.05, 3.63) is 45.5 Å². The monoisotopic (exact) mass is 447 g/mol. The standard InChI is InChI=1S/C24H30FNO6/c1-24(2,3)19-11-14-10-18(32-9-7-8-29-4)17(30-5)12-15(14)21-20(25)22(27)16(13-26(19)21)23(28)31-6/h10,12-13,19H,7-9,11H2,1-6H3/t19-/m1/s1. The molecule has 0 N–H and O–H groups in total. The van der Waals surface area contributed by atoms with E-state index in [2.05, 4.69) is 0 Å². The molecule has 0 saturated heterocycles. The number of hydrogen-bond acceptors (Lipinski definition) is 6. The first-order chi connectivity index (χ1) is 15.1. The minimum absolute atomic E-state index is 0.132. The van der Waals surface area contributed by atoms with E-state index >= 15 is 4.39 Å². The Morgan fingerprint density at radius 2 is 1.88 bits per heavy atom. The number of benzene rings is 1. The highest BCUT2D eigenvalue weighted by molar-refractivity contribution is 5.89. The van der Waals surface area contributed by atoms with Crippen molar-refractivity contribution in [1.82, 2.24) is 4.57 Å². The lowest BCUT2D eigenvalue weighted by Crippen LogP contribution is -2.34. The third-order valence-corrected chi connectivity index (χ3v) is 5.73. The minimum Gasteiger partial charge on any atom is -0.493 e. The fraction of sp³-hybridized carbons (Fsp3) is 0.500. The molecule has 0 saturated carbocycles. The van der Waals surface area contributed by atoms with Crippen molar-refractivity contribution < 1.29 is 28.1 Å². The highest BCUT2D eigenvalue weighted by Gasteiger charge is 2.36. The van der Waals surface area contributed by atoms with Crippen LogP contribution in [-0.2, 0) is 15.9 Å². The number of halogens is 1. The Labute approximate surface area is 187 Å². The second-order valence-electron chi connectivity index (χ2n) is 8.87. The Balaban J connectivity index is 2.21. The normalized spacial score (nSPS) is 15.0. The molecule has 1 aromatic heterocycles. The topological polar surface area (TPSA) is 76.0 Å². The molecule has 1 aliphatic rings. The quantitative estimate of drug-likeness (QED) is 0.472. The van der Waals surface area contributed by atoms with Crippen LogP contribution in [0.2, 0.25) is 0 Å². The van der Waals surface area contributed by atoms with Gasteiger partial charge in [-0.1, -0.05) is 20.8 Å². The zero-order chi connectivity index (χ0) is 23.6. The van der Waals surface area contributed by atoms with E-state index in [9.17, 15) is 9.59 Å². The van der Waals surface area contributed by atoms with Crippen molar-refractivity contribution in [3.63, 3.8) is 0 Å². The number of pyridine rings is 1. The molecule has 0 aliphatic carbocycles. The van der Waals surface area contributed by atoms with E-state index in [1.165, 1.54) is 20.4 Å². The maximum atomic E-state index is 15.5. The molecule has 3 rings (SSSR count). The SMILES string of the molecule is COCCCOc1cc2c(cc1OC)-c1c(F)c(=O)c(C(=O)OC)cn1[C@@H](C(C)(C)C)C2. The van der Waals surface area contributed by atoms with E-state index in [0.29, 0.717) is 43.1 Å². The molecule has 174 valence electrons. The Morgan fingerprint density at radius 3 is 2.47 bits per heavy atom. The first kappa shape index (κ1) is 23.8. The van der Waals surface area contributed by atoms with Crippen LogP contribution in [0.15, 0.2) is 23.1 Å². The maximum Gasteiger partial charge on any atom is 0.343 e. The summed E-state index contributed by atoms with van der Waals surface area (Å²) in [5.74, 6) is -0.859. The smallest absolute Gasteiger partial charge is 0.343 e. The molecule has 1 atom stereocenters. The molecular weight excluding hydrogens is 417 g/mol. The summed E-state index contributed by atoms with van der Waals surface area (Å²) in [5, 5.41) is 0. The number of methoxy groups -OCH3 is 3. The molecule has 32 heavy (non-hydrogen) atoms. The molecular formula is C24H30FNO6. The number of nitrogens with zero attached hydrogens (tertiary/aromatic N) is 1. The zero-order valence-electron chi connectivity index (χ0n) is 19.4. The lowest BCUT2D eigenvalue weighted by Gasteiger charge is -2.39. The molecule has 1 aliphatic heterocycles. The van der Waals surface area contributed by atoms with Crippen molar-refractivity contribution in [2.75, 3.05) is 34.5 Å². The van der Waals surface area contributed by atoms with Crippen molar-refractivity contribution in [2.24, 2.45) is 5.41 Å². The van der Waals surface area contributed by atoms with Gasteiger partial charge >= 0.3 is 5.97 Å². The number of carbonyl (C=O) groups excluding carboxylic acids is 1. The Kier molecular flexibility index (Phi) is 6.93. The Bertz CT molecular complexity index is 1070. The van der Waals surface area contributed by atoms with Gasteiger partial charge in [0, 0.05) is 37.9 Å². The van der Waals surface area contributed by atoms with Crippen LogP contribution < -0.4 is 14.9 Å². The molecule has 0 radical (unpaired) electrons. The average Bonchev–Trinajstić information content (AvgIpc) is 2.76. The summed E-state index contributed by atoms with van der Waals surface area (Å²) in [6.07, 6.45) is 2.69. The molecule has 0 amide bonds. The van der Waals surface area contributed by atoms with Crippen LogP contribution in [0.1, 0.15) is 49.2 Å². The van der Waals surface area contributed by atoms with E-state index in [4.69, 9.17) is 18.9 Å². The van der Waals surface area contributed by atoms with Crippen molar-refractivity contribution in [2.45, 2.75) is 39.7 Å². The van der Waals surface area contributed by atoms with Crippen LogP contribution in [0.4, 0.5) is 4.39 Å². The van der Waals surface area contributed by atoms with Gasteiger partial charge < -0.3 is 23.5 Å². The van der Waals surface area contributed by atoms with Gasteiger partial charge in [-0.25, -0.2) is 9.18 Å². The molecule has 0 bridgehead atoms. The molecule has 0 spiro atoms. The van der Waals surface area contributed by atoms with Crippen LogP contribution in [0.25, 0.3) is 11.3 Å². The van der Waals surface area contributed by atoms with Crippen LogP contribution in [0, 0.1) is 11.2 Å². The second-order valence-corrected chi connectivity index (χ2v) is 8.87. The molecule has 2 heterocycles. The van der Waals surface area contributed by atoms with Gasteiger partial charge in [-0.3, -0.25) is 4.79 Å². The minimum atomic E-state index is -0.987. The number of rotatable bonds is 7. The number of aromatic nitrogens is 1. The second kappa shape index (κ2) is 9.32. The predicted octanol–water partition coefficient (Wildman–Crippen LogP) is 4.01. The third-order valence-electron chi connectivity index (χ3n) is 5.73. The van der Waals surface area contributed by atoms with Crippen LogP contribution in [0.5, 0.6) is 11.5 Å². The zero-order valence-corrected chi connectivity index (χ0v) is 19.4. The van der Waals surface area contributed by atoms with Crippen molar-refractivity contribution in [1.29, 1.82) is 0 Å². The van der Waals surface area contributed by atoms with E-state index in [-0.39, 0.29) is 22.7 Å². The summed E-state index contributed by atoms with van der Waals surface area (Å²) < 4.78 is 38.3. The summed E-state index contributed by atoms with van der Waals surface area (Å²) in [4.78, 5) is 24.8. The lowest BCUT2D eigenvalue weighted by molar-refractivity contribution is 0.0596. The van der Waals surface area contributed by atoms with Gasteiger partial charge in [0.25, 0.3) is 0 Å². The highest BCUT2D eigenvalue weighted by atomic mass is 19.1. The maximum absolute atomic E-state index is 15.5. The summed E-state index contributed by atoms with van der Waals surface area (Å²) in [6.45, 7) is 7.12. The van der Waals surface area contributed by atoms with Crippen LogP contribution in [0.3, 0.4) is 0 Å². The van der Waals surface area contributed by atoms with Gasteiger partial charge in [0.2, 0.25) is 5.43 Å². The summed E-state index contributed by atoms with van der Waals surface area (Å²) in [5.41, 5.74) is -0.0814. The third kappa shape index (κ3) is 4.37. The Morgan fingerprint density at radius 1 is 1.16 bits per heavy atom. The molecule has 0 fully saturated rings. The summed E-state index contributed by atoms with van der Waals surface area (Å²) in [7, 11) is 4.30. The van der Waals surface area contributed by atoms with Crippen molar-refractivity contribution >= 4 is 5.97 Å². The predicted molar refractivity (Wildman–Crippen MR) is 118 cm³/mol. The largest absolute Gasteiger partial charge is 0.493 e.